The number of likely N-dealkylation sites (tertiary alicyclic amines) is 1. The van der Waals surface area contributed by atoms with Crippen molar-refractivity contribution in [2.75, 3.05) is 13.2 Å². The van der Waals surface area contributed by atoms with Crippen LogP contribution in [0.4, 0.5) is 4.39 Å². The van der Waals surface area contributed by atoms with Gasteiger partial charge in [-0.1, -0.05) is 23.8 Å². The fraction of sp³-hybridized carbons (Fsp3) is 0.348. The average Bonchev–Trinajstić information content (AvgIpc) is 3.28. The quantitative estimate of drug-likeness (QED) is 0.639. The van der Waals surface area contributed by atoms with E-state index in [1.807, 2.05) is 30.0 Å². The van der Waals surface area contributed by atoms with E-state index in [0.717, 1.165) is 18.4 Å². The summed E-state index contributed by atoms with van der Waals surface area (Å²) in [6.07, 6.45) is 4.99. The predicted octanol–water partition coefficient (Wildman–Crippen LogP) is 4.03. The first-order chi connectivity index (χ1) is 14.5. The van der Waals surface area contributed by atoms with E-state index in [1.54, 1.807) is 30.6 Å². The zero-order valence-corrected chi connectivity index (χ0v) is 17.2. The van der Waals surface area contributed by atoms with Crippen LogP contribution in [0.15, 0.2) is 54.9 Å². The number of para-hydroxylation sites is 1. The highest BCUT2D eigenvalue weighted by Crippen LogP contribution is 2.27. The van der Waals surface area contributed by atoms with Crippen LogP contribution in [0.2, 0.25) is 0 Å². The molecule has 6 nitrogen and oxygen atoms in total. The van der Waals surface area contributed by atoms with Crippen molar-refractivity contribution in [1.82, 2.24) is 19.9 Å². The highest BCUT2D eigenvalue weighted by Gasteiger charge is 2.31. The fourth-order valence-electron chi connectivity index (χ4n) is 3.86. The maximum atomic E-state index is 13.8. The van der Waals surface area contributed by atoms with Gasteiger partial charge >= 0.3 is 0 Å². The van der Waals surface area contributed by atoms with Gasteiger partial charge in [-0.25, -0.2) is 4.39 Å². The van der Waals surface area contributed by atoms with E-state index in [2.05, 4.69) is 17.1 Å². The van der Waals surface area contributed by atoms with Crippen molar-refractivity contribution < 1.29 is 13.9 Å². The van der Waals surface area contributed by atoms with Crippen molar-refractivity contribution in [3.8, 4) is 11.4 Å². The number of carbonyl (C=O) groups excluding carboxylic acids is 1. The van der Waals surface area contributed by atoms with Crippen LogP contribution in [0, 0.1) is 18.7 Å². The second-order valence-electron chi connectivity index (χ2n) is 7.83. The Morgan fingerprint density at radius 1 is 1.17 bits per heavy atom. The molecule has 1 aliphatic rings. The number of benzene rings is 2. The summed E-state index contributed by atoms with van der Waals surface area (Å²) in [5, 5.41) is 8.38. The lowest BCUT2D eigenvalue weighted by Gasteiger charge is -2.38. The van der Waals surface area contributed by atoms with Crippen molar-refractivity contribution in [1.29, 1.82) is 0 Å². The molecule has 0 bridgehead atoms. The van der Waals surface area contributed by atoms with Crippen LogP contribution < -0.4 is 4.74 Å². The third kappa shape index (κ3) is 4.20. The summed E-state index contributed by atoms with van der Waals surface area (Å²) >= 11 is 0. The van der Waals surface area contributed by atoms with E-state index >= 15 is 0 Å². The highest BCUT2D eigenvalue weighted by molar-refractivity contribution is 5.98. The number of ether oxygens (including phenoxy) is 1. The van der Waals surface area contributed by atoms with Crippen LogP contribution in [0.3, 0.4) is 0 Å². The van der Waals surface area contributed by atoms with Crippen LogP contribution >= 0.6 is 0 Å². The minimum Gasteiger partial charge on any atom is -0.490 e. The Bertz CT molecular complexity index is 1020. The summed E-state index contributed by atoms with van der Waals surface area (Å²) in [6.45, 7) is 4.96. The SMILES string of the molecule is Cc1ccc(-n2nccn2)c(C(=O)N2C[C@H](COc3ccccc3F)CC[C@H]2C)c1. The summed E-state index contributed by atoms with van der Waals surface area (Å²) < 4.78 is 19.6. The van der Waals surface area contributed by atoms with Crippen LogP contribution in [0.1, 0.15) is 35.7 Å². The normalized spacial score (nSPS) is 19.0. The van der Waals surface area contributed by atoms with Gasteiger partial charge in [0, 0.05) is 18.5 Å². The van der Waals surface area contributed by atoms with Crippen molar-refractivity contribution in [3.63, 3.8) is 0 Å². The Morgan fingerprint density at radius 3 is 2.70 bits per heavy atom. The number of rotatable bonds is 5. The van der Waals surface area contributed by atoms with E-state index in [4.69, 9.17) is 4.74 Å². The van der Waals surface area contributed by atoms with Crippen LogP contribution in [0.25, 0.3) is 5.69 Å². The van der Waals surface area contributed by atoms with Gasteiger partial charge in [0.1, 0.15) is 0 Å². The Hall–Kier alpha value is -3.22. The lowest BCUT2D eigenvalue weighted by molar-refractivity contribution is 0.0502. The Morgan fingerprint density at radius 2 is 1.93 bits per heavy atom. The number of aryl methyl sites for hydroxylation is 1. The fourth-order valence-corrected chi connectivity index (χ4v) is 3.86. The summed E-state index contributed by atoms with van der Waals surface area (Å²) in [5.74, 6) is -0.0274. The van der Waals surface area contributed by atoms with Gasteiger partial charge in [0.2, 0.25) is 0 Å². The number of carbonyl (C=O) groups is 1. The Balaban J connectivity index is 1.52. The van der Waals surface area contributed by atoms with Gasteiger partial charge < -0.3 is 9.64 Å². The number of amides is 1. The molecule has 2 heterocycles. The molecule has 0 spiro atoms. The molecular formula is C23H25FN4O2. The van der Waals surface area contributed by atoms with Crippen molar-refractivity contribution in [2.24, 2.45) is 5.92 Å². The number of hydrogen-bond acceptors (Lipinski definition) is 4. The largest absolute Gasteiger partial charge is 0.490 e. The minimum atomic E-state index is -0.370. The van der Waals surface area contributed by atoms with E-state index < -0.39 is 0 Å². The van der Waals surface area contributed by atoms with Gasteiger partial charge in [-0.3, -0.25) is 4.79 Å². The first-order valence-electron chi connectivity index (χ1n) is 10.2. The lowest BCUT2D eigenvalue weighted by Crippen LogP contribution is -2.47. The molecule has 156 valence electrons. The Kier molecular flexibility index (Phi) is 5.79. The number of halogens is 1. The summed E-state index contributed by atoms with van der Waals surface area (Å²) in [5.41, 5.74) is 2.24. The monoisotopic (exact) mass is 408 g/mol. The topological polar surface area (TPSA) is 60.2 Å². The second kappa shape index (κ2) is 8.65. The molecule has 0 N–H and O–H groups in total. The van der Waals surface area contributed by atoms with E-state index in [0.29, 0.717) is 24.4 Å². The van der Waals surface area contributed by atoms with Gasteiger partial charge in [0.05, 0.1) is 30.3 Å². The van der Waals surface area contributed by atoms with Crippen LogP contribution in [-0.2, 0) is 0 Å². The molecule has 1 fully saturated rings. The van der Waals surface area contributed by atoms with Gasteiger partial charge in [-0.15, -0.1) is 0 Å². The standard InChI is InChI=1S/C23H25FN4O2/c1-16-7-10-21(28-25-11-12-26-28)19(13-16)23(29)27-14-18(9-8-17(27)2)15-30-22-6-4-3-5-20(22)24/h3-7,10-13,17-18H,8-9,14-15H2,1-2H3/t17-,18-/m1/s1. The zero-order valence-electron chi connectivity index (χ0n) is 17.2. The summed E-state index contributed by atoms with van der Waals surface area (Å²) in [6, 6.07) is 12.2. The van der Waals surface area contributed by atoms with Crippen LogP contribution in [0.5, 0.6) is 5.75 Å². The maximum absolute atomic E-state index is 13.8. The molecule has 0 unspecified atom stereocenters. The highest BCUT2D eigenvalue weighted by atomic mass is 19.1. The number of aromatic nitrogens is 3. The van der Waals surface area contributed by atoms with Crippen molar-refractivity contribution >= 4 is 5.91 Å². The molecule has 2 aromatic carbocycles. The molecule has 0 aliphatic carbocycles. The number of nitrogens with zero attached hydrogens (tertiary/aromatic N) is 4. The van der Waals surface area contributed by atoms with Crippen molar-refractivity contribution in [2.45, 2.75) is 32.7 Å². The molecule has 7 heteroatoms. The average molecular weight is 408 g/mol. The maximum Gasteiger partial charge on any atom is 0.256 e. The van der Waals surface area contributed by atoms with E-state index in [1.165, 1.54) is 10.9 Å². The first-order valence-corrected chi connectivity index (χ1v) is 10.2. The van der Waals surface area contributed by atoms with Gasteiger partial charge in [-0.05, 0) is 51.0 Å². The van der Waals surface area contributed by atoms with E-state index in [9.17, 15) is 9.18 Å². The molecule has 30 heavy (non-hydrogen) atoms. The summed E-state index contributed by atoms with van der Waals surface area (Å²) in [7, 11) is 0. The van der Waals surface area contributed by atoms with Crippen molar-refractivity contribution in [3.05, 3.63) is 71.8 Å². The molecular weight excluding hydrogens is 383 g/mol. The third-order valence-corrected chi connectivity index (χ3v) is 5.57. The molecule has 0 radical (unpaired) electrons. The minimum absolute atomic E-state index is 0.0471. The van der Waals surface area contributed by atoms with Gasteiger partial charge in [-0.2, -0.15) is 15.0 Å². The third-order valence-electron chi connectivity index (χ3n) is 5.57. The molecule has 1 aliphatic heterocycles. The molecule has 1 aromatic heterocycles. The predicted molar refractivity (Wildman–Crippen MR) is 111 cm³/mol. The Labute approximate surface area is 175 Å². The van der Waals surface area contributed by atoms with Gasteiger partial charge in [0.15, 0.2) is 11.6 Å². The molecule has 4 rings (SSSR count). The zero-order chi connectivity index (χ0) is 21.1. The molecule has 0 saturated carbocycles. The van der Waals surface area contributed by atoms with Gasteiger partial charge in [0.25, 0.3) is 5.91 Å². The lowest BCUT2D eigenvalue weighted by atomic mass is 9.93. The number of hydrogen-bond donors (Lipinski definition) is 0. The number of piperidine rings is 1. The molecule has 1 amide bonds. The second-order valence-corrected chi connectivity index (χ2v) is 7.83. The smallest absolute Gasteiger partial charge is 0.256 e. The van der Waals surface area contributed by atoms with E-state index in [-0.39, 0.29) is 29.4 Å². The molecule has 3 aromatic rings. The van der Waals surface area contributed by atoms with Crippen LogP contribution in [-0.4, -0.2) is 45.0 Å². The first kappa shape index (κ1) is 20.1. The summed E-state index contributed by atoms with van der Waals surface area (Å²) in [4.78, 5) is 16.9. The molecule has 1 saturated heterocycles. The molecule has 2 atom stereocenters.